The van der Waals surface area contributed by atoms with Gasteiger partial charge < -0.3 is 5.11 Å². The Bertz CT molecular complexity index is 1730. The maximum atomic E-state index is 10.4. The van der Waals surface area contributed by atoms with Gasteiger partial charge in [0.2, 0.25) is 0 Å². The van der Waals surface area contributed by atoms with Crippen LogP contribution in [0.3, 0.4) is 0 Å². The van der Waals surface area contributed by atoms with Gasteiger partial charge in [-0.15, -0.1) is 0 Å². The van der Waals surface area contributed by atoms with Crippen LogP contribution in [0.4, 0.5) is 17.2 Å². The normalized spacial score (nSPS) is 11.6. The van der Waals surface area contributed by atoms with E-state index in [1.54, 1.807) is 6.07 Å². The molecule has 0 aliphatic carbocycles. The molecule has 4 aromatic carbocycles. The largest absolute Gasteiger partial charge is 0.507 e. The van der Waals surface area contributed by atoms with E-state index in [0.717, 1.165) is 34.1 Å². The summed E-state index contributed by atoms with van der Waals surface area (Å²) in [7, 11) is 0. The molecule has 0 fully saturated rings. The number of benzene rings is 4. The Kier molecular flexibility index (Phi) is 7.06. The molecule has 4 nitrogen and oxygen atoms in total. The summed E-state index contributed by atoms with van der Waals surface area (Å²) in [5.74, 6) is 1.23. The summed E-state index contributed by atoms with van der Waals surface area (Å²) >= 11 is 0. The van der Waals surface area contributed by atoms with Crippen LogP contribution in [0.2, 0.25) is 0 Å². The summed E-state index contributed by atoms with van der Waals surface area (Å²) in [6.45, 7) is 2.25. The zero-order chi connectivity index (χ0) is 27.3. The molecule has 194 valence electrons. The first kappa shape index (κ1) is 25.1. The van der Waals surface area contributed by atoms with Crippen molar-refractivity contribution in [1.82, 2.24) is 9.97 Å². The molecule has 0 radical (unpaired) electrons. The van der Waals surface area contributed by atoms with Crippen LogP contribution in [0, 0.1) is 0 Å². The summed E-state index contributed by atoms with van der Waals surface area (Å²) in [6, 6.07) is 46.7. The summed E-state index contributed by atoms with van der Waals surface area (Å²) in [6.07, 6.45) is 1.83. The Labute approximate surface area is 234 Å². The molecule has 1 atom stereocenters. The number of phenols is 1. The van der Waals surface area contributed by atoms with Crippen molar-refractivity contribution in [1.29, 1.82) is 0 Å². The first-order valence-corrected chi connectivity index (χ1v) is 13.4. The summed E-state index contributed by atoms with van der Waals surface area (Å²) in [5, 5.41) is 10.4. The van der Waals surface area contributed by atoms with Gasteiger partial charge >= 0.3 is 0 Å². The molecule has 1 unspecified atom stereocenters. The Hall–Kier alpha value is -5.22. The van der Waals surface area contributed by atoms with Gasteiger partial charge in [-0.05, 0) is 65.7 Å². The van der Waals surface area contributed by atoms with Gasteiger partial charge in [0.15, 0.2) is 0 Å². The average molecular weight is 520 g/mol. The van der Waals surface area contributed by atoms with Gasteiger partial charge in [-0.25, -0.2) is 9.97 Å². The van der Waals surface area contributed by atoms with Gasteiger partial charge in [0, 0.05) is 28.9 Å². The quantitative estimate of drug-likeness (QED) is 0.228. The van der Waals surface area contributed by atoms with Crippen LogP contribution in [0.1, 0.15) is 24.0 Å². The fourth-order valence-corrected chi connectivity index (χ4v) is 5.10. The van der Waals surface area contributed by atoms with Gasteiger partial charge in [0.25, 0.3) is 0 Å². The number of anilines is 3. The molecule has 6 rings (SSSR count). The van der Waals surface area contributed by atoms with E-state index in [-0.39, 0.29) is 11.7 Å². The van der Waals surface area contributed by atoms with Gasteiger partial charge in [-0.1, -0.05) is 91.9 Å². The molecule has 40 heavy (non-hydrogen) atoms. The highest BCUT2D eigenvalue weighted by atomic mass is 16.3. The highest BCUT2D eigenvalue weighted by Crippen LogP contribution is 2.41. The van der Waals surface area contributed by atoms with E-state index in [2.05, 4.69) is 90.7 Å². The monoisotopic (exact) mass is 519 g/mol. The number of rotatable bonds is 7. The Morgan fingerprint density at radius 1 is 0.650 bits per heavy atom. The fourth-order valence-electron chi connectivity index (χ4n) is 5.10. The standard InChI is InChI=1S/C36H29N3O/c1-26(27-13-3-2-4-14-27)30-17-5-7-21-34(30)39(36-23-9-10-24-37-36)29-16-11-15-28(25-29)32-19-12-20-33(38-32)31-18-6-8-22-35(31)40/h2-26,40H,1H3. The Balaban J connectivity index is 1.46. The predicted octanol–water partition coefficient (Wildman–Crippen LogP) is 9.14. The van der Waals surface area contributed by atoms with Crippen LogP contribution >= 0.6 is 0 Å². The molecule has 0 bridgehead atoms. The lowest BCUT2D eigenvalue weighted by Crippen LogP contribution is -2.14. The number of hydrogen-bond donors (Lipinski definition) is 1. The van der Waals surface area contributed by atoms with E-state index < -0.39 is 0 Å². The molecular formula is C36H29N3O. The van der Waals surface area contributed by atoms with Crippen LogP contribution in [-0.2, 0) is 0 Å². The van der Waals surface area contributed by atoms with E-state index in [0.29, 0.717) is 5.56 Å². The zero-order valence-electron chi connectivity index (χ0n) is 22.2. The molecule has 4 heteroatoms. The summed E-state index contributed by atoms with van der Waals surface area (Å²) in [4.78, 5) is 11.9. The van der Waals surface area contributed by atoms with Gasteiger partial charge in [-0.2, -0.15) is 0 Å². The molecule has 0 spiro atoms. The van der Waals surface area contributed by atoms with Crippen molar-refractivity contribution in [3.63, 3.8) is 0 Å². The molecule has 0 saturated heterocycles. The molecule has 6 aromatic rings. The second-order valence-corrected chi connectivity index (χ2v) is 9.69. The van der Waals surface area contributed by atoms with Crippen molar-refractivity contribution in [3.05, 3.63) is 157 Å². The lowest BCUT2D eigenvalue weighted by atomic mass is 9.91. The second-order valence-electron chi connectivity index (χ2n) is 9.69. The first-order valence-electron chi connectivity index (χ1n) is 13.4. The summed E-state index contributed by atoms with van der Waals surface area (Å²) < 4.78 is 0. The zero-order valence-corrected chi connectivity index (χ0v) is 22.2. The maximum Gasteiger partial charge on any atom is 0.137 e. The van der Waals surface area contributed by atoms with Crippen molar-refractivity contribution < 1.29 is 5.11 Å². The van der Waals surface area contributed by atoms with E-state index in [1.807, 2.05) is 60.8 Å². The molecular weight excluding hydrogens is 490 g/mol. The van der Waals surface area contributed by atoms with Crippen molar-refractivity contribution in [2.45, 2.75) is 12.8 Å². The number of nitrogens with zero attached hydrogens (tertiary/aromatic N) is 3. The number of para-hydroxylation sites is 2. The fraction of sp³-hybridized carbons (Fsp3) is 0.0556. The van der Waals surface area contributed by atoms with E-state index in [4.69, 9.17) is 9.97 Å². The van der Waals surface area contributed by atoms with Gasteiger partial charge in [-0.3, -0.25) is 4.90 Å². The maximum absolute atomic E-state index is 10.4. The van der Waals surface area contributed by atoms with Crippen molar-refractivity contribution in [3.8, 4) is 28.3 Å². The second kappa shape index (κ2) is 11.3. The first-order chi connectivity index (χ1) is 19.7. The molecule has 2 heterocycles. The Morgan fingerprint density at radius 3 is 2.20 bits per heavy atom. The molecule has 2 aromatic heterocycles. The predicted molar refractivity (Wildman–Crippen MR) is 163 cm³/mol. The highest BCUT2D eigenvalue weighted by Gasteiger charge is 2.21. The molecule has 0 aliphatic heterocycles. The van der Waals surface area contributed by atoms with Crippen LogP contribution in [0.25, 0.3) is 22.5 Å². The molecule has 1 N–H and O–H groups in total. The smallest absolute Gasteiger partial charge is 0.137 e. The van der Waals surface area contributed by atoms with Crippen LogP contribution in [0.5, 0.6) is 5.75 Å². The SMILES string of the molecule is CC(c1ccccc1)c1ccccc1N(c1cccc(-c2cccc(-c3ccccc3O)n2)c1)c1ccccn1. The molecule has 0 amide bonds. The number of pyridine rings is 2. The van der Waals surface area contributed by atoms with Crippen molar-refractivity contribution >= 4 is 17.2 Å². The third-order valence-electron chi connectivity index (χ3n) is 7.15. The summed E-state index contributed by atoms with van der Waals surface area (Å²) in [5.41, 5.74) is 7.77. The number of aromatic nitrogens is 2. The van der Waals surface area contributed by atoms with Crippen molar-refractivity contribution in [2.75, 3.05) is 4.90 Å². The van der Waals surface area contributed by atoms with Crippen LogP contribution < -0.4 is 4.90 Å². The van der Waals surface area contributed by atoms with E-state index in [9.17, 15) is 5.11 Å². The lowest BCUT2D eigenvalue weighted by Gasteiger charge is -2.29. The number of hydrogen-bond acceptors (Lipinski definition) is 4. The minimum atomic E-state index is 0.184. The lowest BCUT2D eigenvalue weighted by molar-refractivity contribution is 0.477. The minimum Gasteiger partial charge on any atom is -0.507 e. The van der Waals surface area contributed by atoms with Crippen LogP contribution in [0.15, 0.2) is 146 Å². The number of aromatic hydroxyl groups is 1. The third-order valence-corrected chi connectivity index (χ3v) is 7.15. The van der Waals surface area contributed by atoms with Crippen LogP contribution in [-0.4, -0.2) is 15.1 Å². The number of phenolic OH excluding ortho intramolecular Hbond substituents is 1. The van der Waals surface area contributed by atoms with E-state index >= 15 is 0 Å². The topological polar surface area (TPSA) is 49.2 Å². The average Bonchev–Trinajstić information content (AvgIpc) is 3.02. The Morgan fingerprint density at radius 2 is 1.38 bits per heavy atom. The molecule has 0 saturated carbocycles. The van der Waals surface area contributed by atoms with Gasteiger partial charge in [0.1, 0.15) is 11.6 Å². The highest BCUT2D eigenvalue weighted by molar-refractivity contribution is 5.80. The molecule has 0 aliphatic rings. The minimum absolute atomic E-state index is 0.184. The third kappa shape index (κ3) is 5.07. The van der Waals surface area contributed by atoms with Crippen molar-refractivity contribution in [2.24, 2.45) is 0 Å². The van der Waals surface area contributed by atoms with Gasteiger partial charge in [0.05, 0.1) is 17.1 Å². The van der Waals surface area contributed by atoms with E-state index in [1.165, 1.54) is 11.1 Å².